The van der Waals surface area contributed by atoms with Gasteiger partial charge in [-0.05, 0) is 23.8 Å². The highest BCUT2D eigenvalue weighted by Gasteiger charge is 2.18. The van der Waals surface area contributed by atoms with Gasteiger partial charge >= 0.3 is 0 Å². The van der Waals surface area contributed by atoms with Crippen molar-refractivity contribution in [1.82, 2.24) is 14.9 Å². The summed E-state index contributed by atoms with van der Waals surface area (Å²) in [5.74, 6) is 1.76. The molecule has 1 aliphatic heterocycles. The number of benzene rings is 1. The Hall–Kier alpha value is -1.85. The molecule has 2 aromatic rings. The fourth-order valence-corrected chi connectivity index (χ4v) is 2.97. The van der Waals surface area contributed by atoms with E-state index in [2.05, 4.69) is 25.8 Å². The maximum absolute atomic E-state index is 6.06. The topological polar surface area (TPSA) is 35.5 Å². The number of anilines is 2. The highest BCUT2D eigenvalue weighted by atomic mass is 35.5. The van der Waals surface area contributed by atoms with Crippen LogP contribution in [0.1, 0.15) is 5.56 Å². The lowest BCUT2D eigenvalue weighted by Crippen LogP contribution is -2.46. The fourth-order valence-electron chi connectivity index (χ4n) is 2.76. The van der Waals surface area contributed by atoms with Gasteiger partial charge in [0.1, 0.15) is 5.82 Å². The number of nitrogens with zero attached hydrogens (tertiary/aromatic N) is 5. The molecule has 0 saturated carbocycles. The van der Waals surface area contributed by atoms with Crippen LogP contribution in [0.3, 0.4) is 0 Å². The third-order valence-electron chi connectivity index (χ3n) is 4.02. The molecule has 0 amide bonds. The second-order valence-electron chi connectivity index (χ2n) is 6.00. The van der Waals surface area contributed by atoms with E-state index in [1.165, 1.54) is 5.56 Å². The number of halogens is 1. The number of aromatic nitrogens is 2. The third-order valence-corrected chi connectivity index (χ3v) is 4.25. The first-order valence-electron chi connectivity index (χ1n) is 7.84. The van der Waals surface area contributed by atoms with Gasteiger partial charge in [0.25, 0.3) is 0 Å². The molecule has 0 unspecified atom stereocenters. The Kier molecular flexibility index (Phi) is 4.98. The lowest BCUT2D eigenvalue weighted by Gasteiger charge is -2.35. The van der Waals surface area contributed by atoms with E-state index in [0.717, 1.165) is 49.5 Å². The predicted octanol–water partition coefficient (Wildman–Crippen LogP) is 2.52. The lowest BCUT2D eigenvalue weighted by atomic mass is 10.2. The van der Waals surface area contributed by atoms with Crippen molar-refractivity contribution in [2.75, 3.05) is 50.1 Å². The van der Waals surface area contributed by atoms with Gasteiger partial charge in [0.2, 0.25) is 5.95 Å². The highest BCUT2D eigenvalue weighted by molar-refractivity contribution is 6.30. The summed E-state index contributed by atoms with van der Waals surface area (Å²) in [6.45, 7) is 4.94. The van der Waals surface area contributed by atoms with Crippen LogP contribution in [-0.2, 0) is 6.54 Å². The zero-order chi connectivity index (χ0) is 16.2. The summed E-state index contributed by atoms with van der Waals surface area (Å²) in [7, 11) is 3.92. The molecule has 2 heterocycles. The van der Waals surface area contributed by atoms with Gasteiger partial charge in [0.15, 0.2) is 0 Å². The molecule has 3 rings (SSSR count). The normalized spacial score (nSPS) is 15.7. The predicted molar refractivity (Wildman–Crippen MR) is 95.3 cm³/mol. The van der Waals surface area contributed by atoms with E-state index in [0.29, 0.717) is 0 Å². The maximum Gasteiger partial charge on any atom is 0.226 e. The Morgan fingerprint density at radius 2 is 1.91 bits per heavy atom. The second kappa shape index (κ2) is 7.15. The van der Waals surface area contributed by atoms with E-state index < -0.39 is 0 Å². The SMILES string of the molecule is CN(C)c1nccc(N2CCN(Cc3cccc(Cl)c3)CC2)n1. The number of hydrogen-bond donors (Lipinski definition) is 0. The Morgan fingerprint density at radius 3 is 2.61 bits per heavy atom. The zero-order valence-corrected chi connectivity index (χ0v) is 14.4. The average Bonchev–Trinajstić information content (AvgIpc) is 2.56. The second-order valence-corrected chi connectivity index (χ2v) is 6.44. The summed E-state index contributed by atoms with van der Waals surface area (Å²) < 4.78 is 0. The van der Waals surface area contributed by atoms with Crippen molar-refractivity contribution < 1.29 is 0 Å². The third kappa shape index (κ3) is 4.12. The van der Waals surface area contributed by atoms with Crippen molar-refractivity contribution in [3.05, 3.63) is 47.1 Å². The molecule has 1 fully saturated rings. The van der Waals surface area contributed by atoms with Crippen molar-refractivity contribution in [3.63, 3.8) is 0 Å². The van der Waals surface area contributed by atoms with E-state index in [4.69, 9.17) is 11.6 Å². The Labute approximate surface area is 142 Å². The smallest absolute Gasteiger partial charge is 0.226 e. The van der Waals surface area contributed by atoms with Gasteiger partial charge in [-0.3, -0.25) is 4.90 Å². The van der Waals surface area contributed by atoms with Crippen LogP contribution < -0.4 is 9.80 Å². The van der Waals surface area contributed by atoms with Crippen molar-refractivity contribution >= 4 is 23.4 Å². The van der Waals surface area contributed by atoms with E-state index in [1.54, 1.807) is 0 Å². The molecule has 0 spiro atoms. The zero-order valence-electron chi connectivity index (χ0n) is 13.6. The first kappa shape index (κ1) is 16.0. The van der Waals surface area contributed by atoms with Gasteiger partial charge in [0.05, 0.1) is 0 Å². The van der Waals surface area contributed by atoms with Crippen LogP contribution in [0.25, 0.3) is 0 Å². The number of piperazine rings is 1. The van der Waals surface area contributed by atoms with Gasteiger partial charge in [0, 0.05) is 58.0 Å². The monoisotopic (exact) mass is 331 g/mol. The first-order chi connectivity index (χ1) is 11.1. The summed E-state index contributed by atoms with van der Waals surface area (Å²) in [5.41, 5.74) is 1.27. The van der Waals surface area contributed by atoms with Crippen molar-refractivity contribution in [3.8, 4) is 0 Å². The standard InChI is InChI=1S/C17H22ClN5/c1-21(2)17-19-7-6-16(20-17)23-10-8-22(9-11-23)13-14-4-3-5-15(18)12-14/h3-7,12H,8-11,13H2,1-2H3. The van der Waals surface area contributed by atoms with E-state index in [9.17, 15) is 0 Å². The van der Waals surface area contributed by atoms with E-state index in [-0.39, 0.29) is 0 Å². The largest absolute Gasteiger partial charge is 0.354 e. The average molecular weight is 332 g/mol. The van der Waals surface area contributed by atoms with Crippen LogP contribution in [0.15, 0.2) is 36.5 Å². The molecular formula is C17H22ClN5. The van der Waals surface area contributed by atoms with Crippen LogP contribution >= 0.6 is 11.6 Å². The van der Waals surface area contributed by atoms with Crippen LogP contribution in [0, 0.1) is 0 Å². The molecule has 5 nitrogen and oxygen atoms in total. The maximum atomic E-state index is 6.06. The van der Waals surface area contributed by atoms with Crippen LogP contribution in [-0.4, -0.2) is 55.1 Å². The molecule has 23 heavy (non-hydrogen) atoms. The lowest BCUT2D eigenvalue weighted by molar-refractivity contribution is 0.249. The summed E-state index contributed by atoms with van der Waals surface area (Å²) in [5, 5.41) is 0.804. The van der Waals surface area contributed by atoms with Crippen LogP contribution in [0.5, 0.6) is 0 Å². The van der Waals surface area contributed by atoms with Gasteiger partial charge in [-0.2, -0.15) is 4.98 Å². The molecule has 1 saturated heterocycles. The molecule has 1 aliphatic rings. The Bertz CT molecular complexity index is 653. The van der Waals surface area contributed by atoms with E-state index >= 15 is 0 Å². The molecule has 0 atom stereocenters. The summed E-state index contributed by atoms with van der Waals surface area (Å²) >= 11 is 6.06. The Balaban J connectivity index is 1.59. The summed E-state index contributed by atoms with van der Waals surface area (Å²) in [6, 6.07) is 10.1. The van der Waals surface area contributed by atoms with Gasteiger partial charge in [-0.25, -0.2) is 4.98 Å². The minimum Gasteiger partial charge on any atom is -0.354 e. The van der Waals surface area contributed by atoms with Crippen molar-refractivity contribution in [2.24, 2.45) is 0 Å². The molecule has 6 heteroatoms. The van der Waals surface area contributed by atoms with Gasteiger partial charge < -0.3 is 9.80 Å². The molecule has 0 aliphatic carbocycles. The number of hydrogen-bond acceptors (Lipinski definition) is 5. The molecule has 0 N–H and O–H groups in total. The van der Waals surface area contributed by atoms with Crippen LogP contribution in [0.2, 0.25) is 5.02 Å². The summed E-state index contributed by atoms with van der Waals surface area (Å²) in [4.78, 5) is 15.6. The molecule has 1 aromatic carbocycles. The van der Waals surface area contributed by atoms with Crippen molar-refractivity contribution in [1.29, 1.82) is 0 Å². The van der Waals surface area contributed by atoms with Gasteiger partial charge in [-0.15, -0.1) is 0 Å². The number of rotatable bonds is 4. The molecule has 1 aromatic heterocycles. The highest BCUT2D eigenvalue weighted by Crippen LogP contribution is 2.18. The molecule has 122 valence electrons. The van der Waals surface area contributed by atoms with Gasteiger partial charge in [-0.1, -0.05) is 23.7 Å². The quantitative estimate of drug-likeness (QED) is 0.860. The fraction of sp³-hybridized carbons (Fsp3) is 0.412. The minimum atomic E-state index is 0.754. The first-order valence-corrected chi connectivity index (χ1v) is 8.22. The van der Waals surface area contributed by atoms with E-state index in [1.807, 2.05) is 49.5 Å². The molecule has 0 radical (unpaired) electrons. The minimum absolute atomic E-state index is 0.754. The molecular weight excluding hydrogens is 310 g/mol. The summed E-state index contributed by atoms with van der Waals surface area (Å²) in [6.07, 6.45) is 1.83. The molecule has 0 bridgehead atoms. The Morgan fingerprint density at radius 1 is 1.13 bits per heavy atom. The van der Waals surface area contributed by atoms with Crippen LogP contribution in [0.4, 0.5) is 11.8 Å². The van der Waals surface area contributed by atoms with Crippen molar-refractivity contribution in [2.45, 2.75) is 6.54 Å².